The van der Waals surface area contributed by atoms with E-state index in [0.29, 0.717) is 24.0 Å². The Morgan fingerprint density at radius 2 is 1.73 bits per heavy atom. The van der Waals surface area contributed by atoms with Crippen LogP contribution in [-0.4, -0.2) is 24.0 Å². The zero-order valence-corrected chi connectivity index (χ0v) is 17.3. The van der Waals surface area contributed by atoms with E-state index in [0.717, 1.165) is 24.0 Å². The van der Waals surface area contributed by atoms with Gasteiger partial charge in [0, 0.05) is 17.7 Å². The molecule has 0 amide bonds. The molecule has 2 nitrogen and oxygen atoms in total. The van der Waals surface area contributed by atoms with E-state index in [1.807, 2.05) is 42.5 Å². The number of aryl methyl sites for hydroxylation is 1. The predicted octanol–water partition coefficient (Wildman–Crippen LogP) is 6.02. The molecule has 0 bridgehead atoms. The first kappa shape index (κ1) is 19.3. The van der Waals surface area contributed by atoms with Gasteiger partial charge >= 0.3 is 0 Å². The van der Waals surface area contributed by atoms with Gasteiger partial charge in [0.1, 0.15) is 18.2 Å². The number of rotatable bonds is 5. The summed E-state index contributed by atoms with van der Waals surface area (Å²) >= 11 is 0. The first-order chi connectivity index (χ1) is 14.8. The lowest BCUT2D eigenvalue weighted by Crippen LogP contribution is -2.37. The molecule has 1 saturated heterocycles. The maximum Gasteiger partial charge on any atom is 0.134 e. The van der Waals surface area contributed by atoms with Crippen LogP contribution >= 0.6 is 0 Å². The molecule has 1 unspecified atom stereocenters. The van der Waals surface area contributed by atoms with Crippen LogP contribution in [0.25, 0.3) is 11.1 Å². The summed E-state index contributed by atoms with van der Waals surface area (Å²) in [6.07, 6.45) is 6.11. The smallest absolute Gasteiger partial charge is 0.134 e. The minimum Gasteiger partial charge on any atom is -0.489 e. The summed E-state index contributed by atoms with van der Waals surface area (Å²) in [6, 6.07) is 22.3. The Balaban J connectivity index is 1.30. The number of hydrogen-bond acceptors (Lipinski definition) is 2. The molecule has 3 aromatic carbocycles. The summed E-state index contributed by atoms with van der Waals surface area (Å²) in [6.45, 7) is 2.95. The summed E-state index contributed by atoms with van der Waals surface area (Å²) in [5, 5.41) is 0. The molecule has 154 valence electrons. The first-order valence-corrected chi connectivity index (χ1v) is 11.1. The van der Waals surface area contributed by atoms with Gasteiger partial charge in [-0.3, -0.25) is 0 Å². The van der Waals surface area contributed by atoms with E-state index in [1.165, 1.54) is 49.5 Å². The summed E-state index contributed by atoms with van der Waals surface area (Å²) in [7, 11) is 0. The molecule has 1 fully saturated rings. The number of likely N-dealkylation sites (tertiary alicyclic amines) is 1. The molecule has 0 saturated carbocycles. The molecule has 2 aliphatic rings. The third-order valence-corrected chi connectivity index (χ3v) is 6.57. The number of ether oxygens (including phenoxy) is 1. The number of nitrogens with zero attached hydrogens (tertiary/aromatic N) is 1. The third kappa shape index (κ3) is 4.13. The number of hydrogen-bond donors (Lipinski definition) is 0. The fourth-order valence-electron chi connectivity index (χ4n) is 4.88. The average Bonchev–Trinajstić information content (AvgIpc) is 3.33. The molecule has 1 heterocycles. The second-order valence-corrected chi connectivity index (χ2v) is 8.54. The summed E-state index contributed by atoms with van der Waals surface area (Å²) in [5.74, 6) is 0.331. The van der Waals surface area contributed by atoms with Crippen molar-refractivity contribution >= 4 is 0 Å². The largest absolute Gasteiger partial charge is 0.489 e. The highest BCUT2D eigenvalue weighted by Crippen LogP contribution is 2.32. The van der Waals surface area contributed by atoms with Crippen LogP contribution in [0.1, 0.15) is 36.0 Å². The monoisotopic (exact) mass is 401 g/mol. The van der Waals surface area contributed by atoms with Crippen LogP contribution in [0.3, 0.4) is 0 Å². The van der Waals surface area contributed by atoms with Crippen molar-refractivity contribution in [3.05, 3.63) is 89.2 Å². The van der Waals surface area contributed by atoms with Crippen LogP contribution in [0.4, 0.5) is 4.39 Å². The predicted molar refractivity (Wildman–Crippen MR) is 119 cm³/mol. The van der Waals surface area contributed by atoms with E-state index in [4.69, 9.17) is 4.74 Å². The van der Waals surface area contributed by atoms with Crippen molar-refractivity contribution in [1.29, 1.82) is 0 Å². The number of halogens is 1. The lowest BCUT2D eigenvalue weighted by atomic mass is 9.85. The van der Waals surface area contributed by atoms with Gasteiger partial charge in [0.2, 0.25) is 0 Å². The Kier molecular flexibility index (Phi) is 5.54. The summed E-state index contributed by atoms with van der Waals surface area (Å²) < 4.78 is 20.6. The summed E-state index contributed by atoms with van der Waals surface area (Å²) in [4.78, 5) is 2.66. The van der Waals surface area contributed by atoms with Gasteiger partial charge in [0.25, 0.3) is 0 Å². The SMILES string of the molecule is Fc1cc(OCc2ccccc2)ccc1-c1ccc2c(c1)CCC(N1CCCC1)C2. The van der Waals surface area contributed by atoms with Gasteiger partial charge in [0.05, 0.1) is 0 Å². The topological polar surface area (TPSA) is 12.5 Å². The van der Waals surface area contributed by atoms with Gasteiger partial charge in [0.15, 0.2) is 0 Å². The highest BCUT2D eigenvalue weighted by atomic mass is 19.1. The lowest BCUT2D eigenvalue weighted by Gasteiger charge is -2.32. The zero-order chi connectivity index (χ0) is 20.3. The Hall–Kier alpha value is -2.65. The van der Waals surface area contributed by atoms with E-state index in [9.17, 15) is 4.39 Å². The molecule has 0 spiro atoms. The second-order valence-electron chi connectivity index (χ2n) is 8.54. The van der Waals surface area contributed by atoms with Gasteiger partial charge in [-0.1, -0.05) is 48.5 Å². The van der Waals surface area contributed by atoms with Crippen LogP contribution in [0, 0.1) is 5.82 Å². The van der Waals surface area contributed by atoms with Crippen LogP contribution in [0.15, 0.2) is 66.7 Å². The quantitative estimate of drug-likeness (QED) is 0.518. The standard InChI is InChI=1S/C27H28FNO/c28-27-18-25(30-19-20-6-2-1-3-7-20)12-13-26(27)23-9-8-22-17-24(11-10-21(22)16-23)29-14-4-5-15-29/h1-3,6-9,12-13,16,18,24H,4-5,10-11,14-15,17,19H2. The minimum atomic E-state index is -0.230. The minimum absolute atomic E-state index is 0.230. The van der Waals surface area contributed by atoms with E-state index in [1.54, 1.807) is 0 Å². The lowest BCUT2D eigenvalue weighted by molar-refractivity contribution is 0.222. The Morgan fingerprint density at radius 3 is 2.53 bits per heavy atom. The van der Waals surface area contributed by atoms with Crippen molar-refractivity contribution in [2.75, 3.05) is 13.1 Å². The van der Waals surface area contributed by atoms with Gasteiger partial charge < -0.3 is 9.64 Å². The normalized spacial score (nSPS) is 18.9. The molecule has 1 atom stereocenters. The highest BCUT2D eigenvalue weighted by molar-refractivity contribution is 5.66. The van der Waals surface area contributed by atoms with E-state index >= 15 is 0 Å². The Labute approximate surface area is 178 Å². The van der Waals surface area contributed by atoms with Crippen LogP contribution < -0.4 is 4.74 Å². The van der Waals surface area contributed by atoms with E-state index in [2.05, 4.69) is 23.1 Å². The van der Waals surface area contributed by atoms with E-state index in [-0.39, 0.29) is 5.82 Å². The fourth-order valence-corrected chi connectivity index (χ4v) is 4.88. The number of fused-ring (bicyclic) bond motifs is 1. The second kappa shape index (κ2) is 8.61. The first-order valence-electron chi connectivity index (χ1n) is 11.1. The molecule has 0 N–H and O–H groups in total. The molecule has 0 radical (unpaired) electrons. The maximum absolute atomic E-state index is 14.9. The van der Waals surface area contributed by atoms with Crippen molar-refractivity contribution in [2.24, 2.45) is 0 Å². The molecule has 0 aromatic heterocycles. The molecular formula is C27H28FNO. The zero-order valence-electron chi connectivity index (χ0n) is 17.3. The fraction of sp³-hybridized carbons (Fsp3) is 0.333. The summed E-state index contributed by atoms with van der Waals surface area (Å²) in [5.41, 5.74) is 5.49. The van der Waals surface area contributed by atoms with Crippen LogP contribution in [-0.2, 0) is 19.4 Å². The molecular weight excluding hydrogens is 373 g/mol. The van der Waals surface area contributed by atoms with Gasteiger partial charge in [-0.2, -0.15) is 0 Å². The van der Waals surface area contributed by atoms with Gasteiger partial charge in [-0.25, -0.2) is 4.39 Å². The maximum atomic E-state index is 14.9. The molecule has 3 aromatic rings. The molecule has 5 rings (SSSR count). The van der Waals surface area contributed by atoms with Crippen molar-refractivity contribution < 1.29 is 9.13 Å². The van der Waals surface area contributed by atoms with E-state index < -0.39 is 0 Å². The van der Waals surface area contributed by atoms with Crippen molar-refractivity contribution in [3.8, 4) is 16.9 Å². The van der Waals surface area contributed by atoms with Crippen LogP contribution in [0.2, 0.25) is 0 Å². The highest BCUT2D eigenvalue weighted by Gasteiger charge is 2.26. The molecule has 1 aliphatic carbocycles. The van der Waals surface area contributed by atoms with Crippen molar-refractivity contribution in [3.63, 3.8) is 0 Å². The molecule has 3 heteroatoms. The van der Waals surface area contributed by atoms with Crippen molar-refractivity contribution in [2.45, 2.75) is 44.8 Å². The molecule has 1 aliphatic heterocycles. The molecule has 30 heavy (non-hydrogen) atoms. The van der Waals surface area contributed by atoms with Gasteiger partial charge in [-0.05, 0) is 79.6 Å². The number of benzene rings is 3. The van der Waals surface area contributed by atoms with Crippen LogP contribution in [0.5, 0.6) is 5.75 Å². The Morgan fingerprint density at radius 1 is 0.900 bits per heavy atom. The van der Waals surface area contributed by atoms with Crippen molar-refractivity contribution in [1.82, 2.24) is 4.90 Å². The average molecular weight is 402 g/mol. The third-order valence-electron chi connectivity index (χ3n) is 6.57. The Bertz CT molecular complexity index is 1010. The van der Waals surface area contributed by atoms with Gasteiger partial charge in [-0.15, -0.1) is 0 Å².